The number of anilines is 4. The van der Waals surface area contributed by atoms with E-state index in [2.05, 4.69) is 20.6 Å². The fourth-order valence-corrected chi connectivity index (χ4v) is 2.59. The van der Waals surface area contributed by atoms with Gasteiger partial charge in [-0.1, -0.05) is 35.4 Å². The molecule has 0 aliphatic carbocycles. The molecular formula is C19H19N5O2. The number of aromatic nitrogens is 2. The molecular weight excluding hydrogens is 330 g/mol. The van der Waals surface area contributed by atoms with Crippen LogP contribution in [0.15, 0.2) is 48.8 Å². The summed E-state index contributed by atoms with van der Waals surface area (Å²) in [5.74, 6) is 0.285. The van der Waals surface area contributed by atoms with Crippen LogP contribution in [0.2, 0.25) is 0 Å². The molecule has 1 heterocycles. The van der Waals surface area contributed by atoms with E-state index in [1.165, 1.54) is 6.33 Å². The molecule has 0 saturated heterocycles. The van der Waals surface area contributed by atoms with Crippen LogP contribution in [0.4, 0.5) is 28.7 Å². The van der Waals surface area contributed by atoms with Crippen LogP contribution >= 0.6 is 0 Å². The molecule has 132 valence electrons. The summed E-state index contributed by atoms with van der Waals surface area (Å²) in [6.45, 7) is 5.91. The largest absolute Gasteiger partial charge is 0.353 e. The molecule has 0 radical (unpaired) electrons. The van der Waals surface area contributed by atoms with Gasteiger partial charge in [0.2, 0.25) is 11.6 Å². The molecule has 0 fully saturated rings. The summed E-state index contributed by atoms with van der Waals surface area (Å²) < 4.78 is 0. The summed E-state index contributed by atoms with van der Waals surface area (Å²) in [7, 11) is 0. The number of benzene rings is 2. The van der Waals surface area contributed by atoms with Gasteiger partial charge in [0.05, 0.1) is 4.92 Å². The fraction of sp³-hybridized carbons (Fsp3) is 0.158. The monoisotopic (exact) mass is 349 g/mol. The zero-order valence-electron chi connectivity index (χ0n) is 14.8. The fourth-order valence-electron chi connectivity index (χ4n) is 2.59. The number of hydrogen-bond donors (Lipinski definition) is 2. The molecule has 7 nitrogen and oxygen atoms in total. The molecule has 0 unspecified atom stereocenters. The first-order valence-electron chi connectivity index (χ1n) is 8.11. The molecule has 0 amide bonds. The Bertz CT molecular complexity index is 955. The van der Waals surface area contributed by atoms with Gasteiger partial charge in [-0.05, 0) is 44.5 Å². The van der Waals surface area contributed by atoms with Gasteiger partial charge in [0.25, 0.3) is 0 Å². The molecule has 3 rings (SSSR count). The molecule has 3 aromatic rings. The Hall–Kier alpha value is -3.48. The molecule has 0 saturated carbocycles. The highest BCUT2D eigenvalue weighted by atomic mass is 16.6. The third-order valence-corrected chi connectivity index (χ3v) is 3.95. The van der Waals surface area contributed by atoms with E-state index >= 15 is 0 Å². The number of rotatable bonds is 5. The predicted octanol–water partition coefficient (Wildman–Crippen LogP) is 4.80. The Morgan fingerprint density at radius 2 is 1.50 bits per heavy atom. The van der Waals surface area contributed by atoms with Gasteiger partial charge >= 0.3 is 5.69 Å². The Morgan fingerprint density at radius 3 is 2.12 bits per heavy atom. The van der Waals surface area contributed by atoms with Crippen molar-refractivity contribution in [2.24, 2.45) is 0 Å². The smallest absolute Gasteiger partial charge is 0.334 e. The van der Waals surface area contributed by atoms with Crippen molar-refractivity contribution in [2.45, 2.75) is 20.8 Å². The zero-order chi connectivity index (χ0) is 18.7. The minimum Gasteiger partial charge on any atom is -0.334 e. The molecule has 7 heteroatoms. The van der Waals surface area contributed by atoms with Crippen molar-refractivity contribution < 1.29 is 4.92 Å². The first-order chi connectivity index (χ1) is 12.4. The predicted molar refractivity (Wildman–Crippen MR) is 102 cm³/mol. The second-order valence-corrected chi connectivity index (χ2v) is 6.11. The standard InChI is InChI=1S/C19H19N5O2/c1-12-4-7-15(8-5-12)22-18-17(24(25)26)19(21-11-20-18)23-16-9-6-13(2)10-14(16)3/h4-11H,1-3H3,(H2,20,21,22,23). The Labute approximate surface area is 151 Å². The summed E-state index contributed by atoms with van der Waals surface area (Å²) in [5, 5.41) is 17.7. The summed E-state index contributed by atoms with van der Waals surface area (Å²) in [6, 6.07) is 13.4. The van der Waals surface area contributed by atoms with Crippen molar-refractivity contribution in [1.82, 2.24) is 9.97 Å². The van der Waals surface area contributed by atoms with E-state index in [0.29, 0.717) is 0 Å². The second-order valence-electron chi connectivity index (χ2n) is 6.11. The van der Waals surface area contributed by atoms with E-state index in [-0.39, 0.29) is 17.3 Å². The minimum atomic E-state index is -0.484. The highest BCUT2D eigenvalue weighted by Gasteiger charge is 2.23. The third kappa shape index (κ3) is 3.77. The maximum atomic E-state index is 11.7. The van der Waals surface area contributed by atoms with Gasteiger partial charge in [-0.2, -0.15) is 0 Å². The topological polar surface area (TPSA) is 93.0 Å². The number of nitrogens with one attached hydrogen (secondary N) is 2. The molecule has 2 aromatic carbocycles. The summed E-state index contributed by atoms with van der Waals surface area (Å²) in [6.07, 6.45) is 1.30. The van der Waals surface area contributed by atoms with Gasteiger partial charge in [-0.25, -0.2) is 9.97 Å². The maximum absolute atomic E-state index is 11.7. The lowest BCUT2D eigenvalue weighted by molar-refractivity contribution is -0.383. The van der Waals surface area contributed by atoms with Crippen LogP contribution in [0.3, 0.4) is 0 Å². The SMILES string of the molecule is Cc1ccc(Nc2ncnc(Nc3ccc(C)cc3C)c2[N+](=O)[O-])cc1. The summed E-state index contributed by atoms with van der Waals surface area (Å²) in [5.41, 5.74) is 4.48. The molecule has 0 atom stereocenters. The van der Waals surface area contributed by atoms with Crippen molar-refractivity contribution in [2.75, 3.05) is 10.6 Å². The zero-order valence-corrected chi connectivity index (χ0v) is 14.8. The van der Waals surface area contributed by atoms with Gasteiger partial charge < -0.3 is 10.6 Å². The first kappa shape index (κ1) is 17.3. The molecule has 1 aromatic heterocycles. The number of nitro groups is 1. The third-order valence-electron chi connectivity index (χ3n) is 3.95. The minimum absolute atomic E-state index is 0.140. The normalized spacial score (nSPS) is 10.4. The quantitative estimate of drug-likeness (QED) is 0.508. The van der Waals surface area contributed by atoms with Crippen LogP contribution in [-0.4, -0.2) is 14.9 Å². The van der Waals surface area contributed by atoms with Crippen LogP contribution in [0, 0.1) is 30.9 Å². The Morgan fingerprint density at radius 1 is 0.885 bits per heavy atom. The van der Waals surface area contributed by atoms with Crippen LogP contribution in [0.1, 0.15) is 16.7 Å². The van der Waals surface area contributed by atoms with Crippen LogP contribution in [0.5, 0.6) is 0 Å². The van der Waals surface area contributed by atoms with Gasteiger partial charge in [-0.15, -0.1) is 0 Å². The van der Waals surface area contributed by atoms with Crippen molar-refractivity contribution >= 4 is 28.7 Å². The highest BCUT2D eigenvalue weighted by molar-refractivity contribution is 5.77. The Balaban J connectivity index is 1.98. The van der Waals surface area contributed by atoms with E-state index in [4.69, 9.17) is 0 Å². The van der Waals surface area contributed by atoms with E-state index in [0.717, 1.165) is 28.1 Å². The van der Waals surface area contributed by atoms with Gasteiger partial charge in [0, 0.05) is 11.4 Å². The number of hydrogen-bond acceptors (Lipinski definition) is 6. The Kier molecular flexibility index (Phi) is 4.79. The second kappa shape index (κ2) is 7.18. The van der Waals surface area contributed by atoms with E-state index in [9.17, 15) is 10.1 Å². The van der Waals surface area contributed by atoms with E-state index < -0.39 is 4.92 Å². The maximum Gasteiger partial charge on any atom is 0.353 e. The van der Waals surface area contributed by atoms with E-state index in [1.807, 2.05) is 63.2 Å². The molecule has 0 aliphatic heterocycles. The number of aryl methyl sites for hydroxylation is 3. The summed E-state index contributed by atoms with van der Waals surface area (Å²) in [4.78, 5) is 19.3. The lowest BCUT2D eigenvalue weighted by Gasteiger charge is -2.12. The molecule has 0 spiro atoms. The molecule has 0 bridgehead atoms. The molecule has 2 N–H and O–H groups in total. The first-order valence-corrected chi connectivity index (χ1v) is 8.11. The van der Waals surface area contributed by atoms with Gasteiger partial charge in [0.15, 0.2) is 0 Å². The van der Waals surface area contributed by atoms with Crippen molar-refractivity contribution in [1.29, 1.82) is 0 Å². The van der Waals surface area contributed by atoms with Crippen LogP contribution in [0.25, 0.3) is 0 Å². The van der Waals surface area contributed by atoms with Crippen molar-refractivity contribution in [3.05, 3.63) is 75.6 Å². The lowest BCUT2D eigenvalue weighted by Crippen LogP contribution is -2.06. The van der Waals surface area contributed by atoms with Gasteiger partial charge in [0.1, 0.15) is 6.33 Å². The highest BCUT2D eigenvalue weighted by Crippen LogP contribution is 2.33. The average molecular weight is 349 g/mol. The molecule has 0 aliphatic rings. The van der Waals surface area contributed by atoms with Crippen LogP contribution in [-0.2, 0) is 0 Å². The summed E-state index contributed by atoms with van der Waals surface area (Å²) >= 11 is 0. The van der Waals surface area contributed by atoms with Gasteiger partial charge in [-0.3, -0.25) is 10.1 Å². The van der Waals surface area contributed by atoms with E-state index in [1.54, 1.807) is 0 Å². The number of nitrogens with zero attached hydrogens (tertiary/aromatic N) is 3. The lowest BCUT2D eigenvalue weighted by atomic mass is 10.1. The van der Waals surface area contributed by atoms with Crippen molar-refractivity contribution in [3.8, 4) is 0 Å². The van der Waals surface area contributed by atoms with Crippen molar-refractivity contribution in [3.63, 3.8) is 0 Å². The average Bonchev–Trinajstić information content (AvgIpc) is 2.59. The van der Waals surface area contributed by atoms with Crippen LogP contribution < -0.4 is 10.6 Å². The molecule has 26 heavy (non-hydrogen) atoms.